The number of rotatable bonds is 4. The summed E-state index contributed by atoms with van der Waals surface area (Å²) in [4.78, 5) is 26.0. The first-order valence-electron chi connectivity index (χ1n) is 8.01. The molecule has 0 radical (unpaired) electrons. The summed E-state index contributed by atoms with van der Waals surface area (Å²) in [5.74, 6) is -0.00000772. The topological polar surface area (TPSA) is 58.6 Å². The van der Waals surface area contributed by atoms with Crippen molar-refractivity contribution < 1.29 is 14.3 Å². The molecule has 2 aromatic rings. The number of anilines is 2. The molecule has 1 aliphatic heterocycles. The van der Waals surface area contributed by atoms with Crippen molar-refractivity contribution in [2.75, 3.05) is 23.3 Å². The zero-order chi connectivity index (χ0) is 17.1. The molecule has 1 amide bonds. The Morgan fingerprint density at radius 3 is 2.83 bits per heavy atom. The van der Waals surface area contributed by atoms with Crippen LogP contribution in [0.1, 0.15) is 18.1 Å². The highest BCUT2D eigenvalue weighted by atomic mass is 16.5. The van der Waals surface area contributed by atoms with Crippen LogP contribution in [0, 0.1) is 6.92 Å². The van der Waals surface area contributed by atoms with E-state index in [0.29, 0.717) is 5.75 Å². The lowest BCUT2D eigenvalue weighted by Gasteiger charge is -2.29. The second-order valence-electron chi connectivity index (χ2n) is 5.86. The van der Waals surface area contributed by atoms with Gasteiger partial charge in [0.15, 0.2) is 5.75 Å². The Kier molecular flexibility index (Phi) is 4.51. The summed E-state index contributed by atoms with van der Waals surface area (Å²) < 4.78 is 5.27. The minimum absolute atomic E-state index is 0.0684. The first kappa shape index (κ1) is 16.1. The molecule has 0 saturated carbocycles. The van der Waals surface area contributed by atoms with Crippen molar-refractivity contribution in [2.45, 2.75) is 20.3 Å². The van der Waals surface area contributed by atoms with E-state index in [4.69, 9.17) is 4.74 Å². The summed E-state index contributed by atoms with van der Waals surface area (Å²) in [7, 11) is 0. The molecule has 0 spiro atoms. The van der Waals surface area contributed by atoms with Gasteiger partial charge in [0.1, 0.15) is 6.54 Å². The van der Waals surface area contributed by atoms with Gasteiger partial charge >= 0.3 is 5.97 Å². The van der Waals surface area contributed by atoms with Gasteiger partial charge in [-0.15, -0.1) is 0 Å². The summed E-state index contributed by atoms with van der Waals surface area (Å²) in [6.07, 6.45) is 0.842. The van der Waals surface area contributed by atoms with E-state index >= 15 is 0 Å². The Balaban J connectivity index is 1.76. The maximum atomic E-state index is 12.4. The number of carbonyl (C=O) groups is 2. The van der Waals surface area contributed by atoms with Crippen LogP contribution in [0.3, 0.4) is 0 Å². The fraction of sp³-hybridized carbons (Fsp3) is 0.263. The van der Waals surface area contributed by atoms with Gasteiger partial charge in [-0.3, -0.25) is 4.79 Å². The van der Waals surface area contributed by atoms with E-state index in [0.717, 1.165) is 28.9 Å². The number of nitrogens with one attached hydrogen (secondary N) is 1. The Bertz CT molecular complexity index is 786. The molecule has 0 unspecified atom stereocenters. The lowest BCUT2D eigenvalue weighted by molar-refractivity contribution is -0.133. The van der Waals surface area contributed by atoms with Crippen molar-refractivity contribution in [1.82, 2.24) is 0 Å². The predicted octanol–water partition coefficient (Wildman–Crippen LogP) is 2.92. The minimum atomic E-state index is -0.352. The summed E-state index contributed by atoms with van der Waals surface area (Å²) >= 11 is 0. The van der Waals surface area contributed by atoms with Crippen LogP contribution >= 0.6 is 0 Å². The van der Waals surface area contributed by atoms with Crippen molar-refractivity contribution in [2.24, 2.45) is 0 Å². The molecule has 3 rings (SSSR count). The molecule has 0 fully saturated rings. The number of nitrogens with zero attached hydrogens (tertiary/aromatic N) is 1. The Morgan fingerprint density at radius 1 is 1.25 bits per heavy atom. The molecular formula is C19H20N2O3. The van der Waals surface area contributed by atoms with Gasteiger partial charge in [0.2, 0.25) is 5.91 Å². The average Bonchev–Trinajstić information content (AvgIpc) is 2.54. The molecular weight excluding hydrogens is 304 g/mol. The average molecular weight is 324 g/mol. The van der Waals surface area contributed by atoms with Gasteiger partial charge in [0.05, 0.1) is 12.2 Å². The number of fused-ring (bicyclic) bond motifs is 1. The summed E-state index contributed by atoms with van der Waals surface area (Å²) in [6, 6.07) is 13.4. The smallest absolute Gasteiger partial charge is 0.331 e. The highest BCUT2D eigenvalue weighted by Crippen LogP contribution is 2.32. The number of amides is 1. The van der Waals surface area contributed by atoms with Crippen LogP contribution in [0.25, 0.3) is 0 Å². The molecule has 124 valence electrons. The van der Waals surface area contributed by atoms with E-state index in [2.05, 4.69) is 5.32 Å². The van der Waals surface area contributed by atoms with Crippen molar-refractivity contribution in [1.29, 1.82) is 0 Å². The molecule has 2 aromatic carbocycles. The number of esters is 1. The Morgan fingerprint density at radius 2 is 2.04 bits per heavy atom. The first-order valence-corrected chi connectivity index (χ1v) is 8.01. The van der Waals surface area contributed by atoms with Gasteiger partial charge in [-0.05, 0) is 42.7 Å². The Hall–Kier alpha value is -2.82. The number of carbonyl (C=O) groups excluding carboxylic acids is 2. The lowest BCUT2D eigenvalue weighted by atomic mass is 10.1. The maximum absolute atomic E-state index is 12.4. The molecule has 0 saturated heterocycles. The van der Waals surface area contributed by atoms with Crippen LogP contribution < -0.4 is 15.0 Å². The number of hydrogen-bond donors (Lipinski definition) is 1. The number of hydrogen-bond acceptors (Lipinski definition) is 4. The van der Waals surface area contributed by atoms with Gasteiger partial charge in [-0.25, -0.2) is 4.79 Å². The lowest BCUT2D eigenvalue weighted by Crippen LogP contribution is -2.41. The van der Waals surface area contributed by atoms with Crippen molar-refractivity contribution in [3.05, 3.63) is 53.6 Å². The molecule has 1 N–H and O–H groups in total. The van der Waals surface area contributed by atoms with E-state index in [1.165, 1.54) is 0 Å². The number of ether oxygens (including phenoxy) is 1. The van der Waals surface area contributed by atoms with Crippen LogP contribution in [-0.4, -0.2) is 25.0 Å². The second kappa shape index (κ2) is 6.74. The van der Waals surface area contributed by atoms with E-state index < -0.39 is 0 Å². The molecule has 24 heavy (non-hydrogen) atoms. The second-order valence-corrected chi connectivity index (χ2v) is 5.86. The van der Waals surface area contributed by atoms with Crippen LogP contribution in [0.5, 0.6) is 5.75 Å². The predicted molar refractivity (Wildman–Crippen MR) is 93.5 cm³/mol. The third-order valence-corrected chi connectivity index (χ3v) is 4.01. The third kappa shape index (κ3) is 3.40. The summed E-state index contributed by atoms with van der Waals surface area (Å²) in [5.41, 5.74) is 3.66. The monoisotopic (exact) mass is 324 g/mol. The molecule has 0 aliphatic carbocycles. The van der Waals surface area contributed by atoms with Crippen molar-refractivity contribution in [3.8, 4) is 5.75 Å². The normalized spacial score (nSPS) is 13.2. The quantitative estimate of drug-likeness (QED) is 0.694. The molecule has 0 bridgehead atoms. The largest absolute Gasteiger partial charge is 0.423 e. The molecule has 0 aromatic heterocycles. The number of aryl methyl sites for hydroxylation is 2. The standard InChI is InChI=1S/C19H20N2O3/c1-3-14-6-4-5-7-15(14)20-18(22)11-21-12-19(23)24-17-10-13(2)8-9-16(17)21/h4-10H,3,11-12H2,1-2H3,(H,20,22). The van der Waals surface area contributed by atoms with Crippen LogP contribution in [0.15, 0.2) is 42.5 Å². The van der Waals surface area contributed by atoms with E-state index in [1.54, 1.807) is 4.90 Å². The minimum Gasteiger partial charge on any atom is -0.423 e. The SMILES string of the molecule is CCc1ccccc1NC(=O)CN1CC(=O)Oc2cc(C)ccc21. The van der Waals surface area contributed by atoms with Crippen molar-refractivity contribution in [3.63, 3.8) is 0 Å². The number of para-hydroxylation sites is 1. The molecule has 1 aliphatic rings. The summed E-state index contributed by atoms with van der Waals surface area (Å²) in [5, 5.41) is 2.93. The zero-order valence-electron chi connectivity index (χ0n) is 13.8. The van der Waals surface area contributed by atoms with Gasteiger partial charge in [-0.2, -0.15) is 0 Å². The van der Waals surface area contributed by atoms with E-state index in [-0.39, 0.29) is 25.0 Å². The third-order valence-electron chi connectivity index (χ3n) is 4.01. The first-order chi connectivity index (χ1) is 11.6. The molecule has 1 heterocycles. The van der Waals surface area contributed by atoms with E-state index in [9.17, 15) is 9.59 Å². The van der Waals surface area contributed by atoms with Gasteiger partial charge < -0.3 is 15.0 Å². The van der Waals surface area contributed by atoms with Crippen LogP contribution in [-0.2, 0) is 16.0 Å². The molecule has 5 nitrogen and oxygen atoms in total. The molecule has 0 atom stereocenters. The number of benzene rings is 2. The van der Waals surface area contributed by atoms with Crippen molar-refractivity contribution >= 4 is 23.3 Å². The molecule has 5 heteroatoms. The fourth-order valence-electron chi connectivity index (χ4n) is 2.81. The summed E-state index contributed by atoms with van der Waals surface area (Å²) in [6.45, 7) is 4.15. The van der Waals surface area contributed by atoms with E-state index in [1.807, 2.05) is 56.3 Å². The van der Waals surface area contributed by atoms with Gasteiger partial charge in [0, 0.05) is 5.69 Å². The maximum Gasteiger partial charge on any atom is 0.331 e. The fourth-order valence-corrected chi connectivity index (χ4v) is 2.81. The van der Waals surface area contributed by atoms with Crippen LogP contribution in [0.2, 0.25) is 0 Å². The zero-order valence-corrected chi connectivity index (χ0v) is 13.8. The van der Waals surface area contributed by atoms with Crippen LogP contribution in [0.4, 0.5) is 11.4 Å². The van der Waals surface area contributed by atoms with Gasteiger partial charge in [0.25, 0.3) is 0 Å². The highest BCUT2D eigenvalue weighted by molar-refractivity contribution is 5.96. The highest BCUT2D eigenvalue weighted by Gasteiger charge is 2.25. The Labute approximate surface area is 141 Å². The van der Waals surface area contributed by atoms with Gasteiger partial charge in [-0.1, -0.05) is 31.2 Å².